The van der Waals surface area contributed by atoms with E-state index >= 15 is 0 Å². The van der Waals surface area contributed by atoms with E-state index in [1.807, 2.05) is 55.5 Å². The average molecular weight is 408 g/mol. The third-order valence-electron chi connectivity index (χ3n) is 3.93. The van der Waals surface area contributed by atoms with E-state index in [0.29, 0.717) is 18.1 Å². The lowest BCUT2D eigenvalue weighted by atomic mass is 10.1. The Balaban J connectivity index is 0.00000392. The van der Waals surface area contributed by atoms with E-state index in [9.17, 15) is 9.59 Å². The molecule has 1 unspecified atom stereocenters. The van der Waals surface area contributed by atoms with Crippen molar-refractivity contribution in [1.82, 2.24) is 10.6 Å². The maximum absolute atomic E-state index is 11.9. The molecule has 4 N–H and O–H groups in total. The van der Waals surface area contributed by atoms with Gasteiger partial charge in [0.15, 0.2) is 11.5 Å². The maximum Gasteiger partial charge on any atom is 0.239 e. The van der Waals surface area contributed by atoms with Crippen LogP contribution in [0.3, 0.4) is 0 Å². The smallest absolute Gasteiger partial charge is 0.239 e. The van der Waals surface area contributed by atoms with Gasteiger partial charge in [0.2, 0.25) is 11.8 Å². The first-order chi connectivity index (χ1) is 13.0. The van der Waals surface area contributed by atoms with Crippen LogP contribution >= 0.6 is 12.4 Å². The van der Waals surface area contributed by atoms with Crippen LogP contribution in [0.4, 0.5) is 0 Å². The molecule has 2 rings (SSSR count). The molecule has 7 nitrogen and oxygen atoms in total. The monoisotopic (exact) mass is 407 g/mol. The van der Waals surface area contributed by atoms with Gasteiger partial charge in [0.25, 0.3) is 0 Å². The second kappa shape index (κ2) is 11.8. The van der Waals surface area contributed by atoms with Crippen LogP contribution in [0.1, 0.15) is 24.1 Å². The Hall–Kier alpha value is -2.77. The number of benzene rings is 2. The highest BCUT2D eigenvalue weighted by atomic mass is 35.5. The molecule has 28 heavy (non-hydrogen) atoms. The van der Waals surface area contributed by atoms with Gasteiger partial charge in [-0.2, -0.15) is 0 Å². The fraction of sp³-hybridized carbons (Fsp3) is 0.300. The SMILES string of the molecule is COc1cc(C(C)NC(=O)CNC(=O)CN)ccc1OCc1ccccc1.Cl. The van der Waals surface area contributed by atoms with Gasteiger partial charge in [-0.05, 0) is 30.2 Å². The summed E-state index contributed by atoms with van der Waals surface area (Å²) in [6.45, 7) is 2.02. The van der Waals surface area contributed by atoms with Gasteiger partial charge in [0.1, 0.15) is 6.61 Å². The lowest BCUT2D eigenvalue weighted by Gasteiger charge is -2.17. The molecule has 8 heteroatoms. The number of methoxy groups -OCH3 is 1. The maximum atomic E-state index is 11.9. The molecule has 0 bridgehead atoms. The highest BCUT2D eigenvalue weighted by Gasteiger charge is 2.13. The van der Waals surface area contributed by atoms with Crippen LogP contribution in [-0.4, -0.2) is 32.0 Å². The average Bonchev–Trinajstić information content (AvgIpc) is 2.70. The van der Waals surface area contributed by atoms with Gasteiger partial charge in [-0.1, -0.05) is 36.4 Å². The lowest BCUT2D eigenvalue weighted by Crippen LogP contribution is -2.40. The van der Waals surface area contributed by atoms with Crippen molar-refractivity contribution in [3.05, 3.63) is 59.7 Å². The number of amides is 2. The largest absolute Gasteiger partial charge is 0.493 e. The molecule has 1 atom stereocenters. The summed E-state index contributed by atoms with van der Waals surface area (Å²) in [5.41, 5.74) is 7.11. The summed E-state index contributed by atoms with van der Waals surface area (Å²) in [4.78, 5) is 23.0. The van der Waals surface area contributed by atoms with Crippen LogP contribution in [0.5, 0.6) is 11.5 Å². The summed E-state index contributed by atoms with van der Waals surface area (Å²) in [5.74, 6) is 0.534. The molecular formula is C20H26ClN3O4. The van der Waals surface area contributed by atoms with Crippen LogP contribution in [-0.2, 0) is 16.2 Å². The Labute approximate surface area is 171 Å². The molecule has 0 radical (unpaired) electrons. The molecule has 2 aromatic rings. The first-order valence-electron chi connectivity index (χ1n) is 8.64. The number of hydrogen-bond acceptors (Lipinski definition) is 5. The molecule has 152 valence electrons. The van der Waals surface area contributed by atoms with E-state index in [1.54, 1.807) is 7.11 Å². The summed E-state index contributed by atoms with van der Waals surface area (Å²) in [7, 11) is 1.57. The number of hydrogen-bond donors (Lipinski definition) is 3. The number of carbonyl (C=O) groups is 2. The van der Waals surface area contributed by atoms with Crippen molar-refractivity contribution in [1.29, 1.82) is 0 Å². The zero-order valence-corrected chi connectivity index (χ0v) is 16.8. The van der Waals surface area contributed by atoms with Gasteiger partial charge in [0.05, 0.1) is 26.2 Å². The predicted octanol–water partition coefficient (Wildman–Crippen LogP) is 1.95. The number of nitrogens with two attached hydrogens (primary N) is 1. The normalized spacial score (nSPS) is 11.0. The minimum absolute atomic E-state index is 0. The van der Waals surface area contributed by atoms with Gasteiger partial charge in [-0.3, -0.25) is 9.59 Å². The topological polar surface area (TPSA) is 103 Å². The Morgan fingerprint density at radius 3 is 2.43 bits per heavy atom. The molecule has 0 fully saturated rings. The Kier molecular flexibility index (Phi) is 9.84. The molecule has 0 aliphatic rings. The first kappa shape index (κ1) is 23.3. The van der Waals surface area contributed by atoms with Crippen molar-refractivity contribution >= 4 is 24.2 Å². The van der Waals surface area contributed by atoms with Crippen LogP contribution in [0, 0.1) is 0 Å². The van der Waals surface area contributed by atoms with E-state index in [1.165, 1.54) is 0 Å². The molecule has 0 aliphatic carbocycles. The quantitative estimate of drug-likeness (QED) is 0.589. The van der Waals surface area contributed by atoms with Crippen LogP contribution in [0.15, 0.2) is 48.5 Å². The minimum Gasteiger partial charge on any atom is -0.493 e. The third-order valence-corrected chi connectivity index (χ3v) is 3.93. The number of carbonyl (C=O) groups excluding carboxylic acids is 2. The van der Waals surface area contributed by atoms with Crippen molar-refractivity contribution in [3.63, 3.8) is 0 Å². The number of halogens is 1. The standard InChI is InChI=1S/C20H25N3O4.ClH/c1-14(23-20(25)12-22-19(24)11-21)16-8-9-17(18(10-16)26-2)27-13-15-6-4-3-5-7-15;/h3-10,14H,11-13,21H2,1-2H3,(H,22,24)(H,23,25);1H. The molecular weight excluding hydrogens is 382 g/mol. The molecule has 2 aromatic carbocycles. The minimum atomic E-state index is -0.376. The van der Waals surface area contributed by atoms with E-state index < -0.39 is 0 Å². The molecule has 2 amide bonds. The van der Waals surface area contributed by atoms with Gasteiger partial charge < -0.3 is 25.8 Å². The van der Waals surface area contributed by atoms with E-state index in [0.717, 1.165) is 11.1 Å². The highest BCUT2D eigenvalue weighted by Crippen LogP contribution is 2.31. The van der Waals surface area contributed by atoms with Gasteiger partial charge in [-0.25, -0.2) is 0 Å². The zero-order chi connectivity index (χ0) is 19.6. The summed E-state index contributed by atoms with van der Waals surface area (Å²) in [5, 5.41) is 5.25. The van der Waals surface area contributed by atoms with E-state index in [-0.39, 0.29) is 43.4 Å². The lowest BCUT2D eigenvalue weighted by molar-refractivity contribution is -0.125. The van der Waals surface area contributed by atoms with Crippen molar-refractivity contribution in [2.45, 2.75) is 19.6 Å². The molecule has 0 spiro atoms. The van der Waals surface area contributed by atoms with Gasteiger partial charge in [0, 0.05) is 0 Å². The zero-order valence-electron chi connectivity index (χ0n) is 15.9. The number of rotatable bonds is 9. The predicted molar refractivity (Wildman–Crippen MR) is 110 cm³/mol. The third kappa shape index (κ3) is 7.09. The van der Waals surface area contributed by atoms with Gasteiger partial charge >= 0.3 is 0 Å². The number of nitrogens with one attached hydrogen (secondary N) is 2. The summed E-state index contributed by atoms with van der Waals surface area (Å²) < 4.78 is 11.2. The molecule has 0 aromatic heterocycles. The second-order valence-corrected chi connectivity index (χ2v) is 5.95. The fourth-order valence-corrected chi connectivity index (χ4v) is 2.43. The fourth-order valence-electron chi connectivity index (χ4n) is 2.43. The Morgan fingerprint density at radius 1 is 1.07 bits per heavy atom. The highest BCUT2D eigenvalue weighted by molar-refractivity contribution is 5.86. The van der Waals surface area contributed by atoms with Crippen LogP contribution < -0.4 is 25.8 Å². The van der Waals surface area contributed by atoms with E-state index in [2.05, 4.69) is 10.6 Å². The first-order valence-corrected chi connectivity index (χ1v) is 8.64. The summed E-state index contributed by atoms with van der Waals surface area (Å²) in [6, 6.07) is 15.1. The Bertz CT molecular complexity index is 771. The molecule has 0 saturated heterocycles. The summed E-state index contributed by atoms with van der Waals surface area (Å²) >= 11 is 0. The summed E-state index contributed by atoms with van der Waals surface area (Å²) in [6.07, 6.45) is 0. The van der Waals surface area contributed by atoms with Crippen molar-refractivity contribution < 1.29 is 19.1 Å². The van der Waals surface area contributed by atoms with Crippen LogP contribution in [0.25, 0.3) is 0 Å². The van der Waals surface area contributed by atoms with Crippen molar-refractivity contribution in [2.75, 3.05) is 20.2 Å². The number of ether oxygens (including phenoxy) is 2. The Morgan fingerprint density at radius 2 is 1.79 bits per heavy atom. The van der Waals surface area contributed by atoms with Crippen LogP contribution in [0.2, 0.25) is 0 Å². The molecule has 0 heterocycles. The molecule has 0 saturated carbocycles. The van der Waals surface area contributed by atoms with Crippen molar-refractivity contribution in [2.24, 2.45) is 5.73 Å². The van der Waals surface area contributed by atoms with Crippen molar-refractivity contribution in [3.8, 4) is 11.5 Å². The second-order valence-electron chi connectivity index (χ2n) is 5.95. The molecule has 0 aliphatic heterocycles. The van der Waals surface area contributed by atoms with E-state index in [4.69, 9.17) is 15.2 Å². The van der Waals surface area contributed by atoms with Gasteiger partial charge in [-0.15, -0.1) is 12.4 Å².